The minimum absolute atomic E-state index is 0.190. The lowest BCUT2D eigenvalue weighted by Crippen LogP contribution is -2.17. The number of nitrogens with zero attached hydrogens (tertiary/aromatic N) is 1. The minimum Gasteiger partial charge on any atom is -0.463 e. The van der Waals surface area contributed by atoms with E-state index in [0.717, 1.165) is 0 Å². The number of rotatable bonds is 1. The first-order valence-corrected chi connectivity index (χ1v) is 3.99. The molecule has 4 nitrogen and oxygen atoms in total. The van der Waals surface area contributed by atoms with Gasteiger partial charge in [-0.25, -0.2) is 9.78 Å². The third kappa shape index (κ3) is 1.88. The summed E-state index contributed by atoms with van der Waals surface area (Å²) in [6.07, 6.45) is 1.26. The molecular weight excluding hydrogens is 170 g/mol. The van der Waals surface area contributed by atoms with E-state index in [1.807, 2.05) is 20.8 Å². The second-order valence-corrected chi connectivity index (χ2v) is 3.77. The number of aromatic nitrogens is 1. The largest absolute Gasteiger partial charge is 0.463 e. The monoisotopic (exact) mass is 183 g/mol. The van der Waals surface area contributed by atoms with Crippen molar-refractivity contribution >= 4 is 5.97 Å². The van der Waals surface area contributed by atoms with E-state index in [2.05, 4.69) is 9.72 Å². The van der Waals surface area contributed by atoms with Crippen LogP contribution in [0.4, 0.5) is 0 Å². The molecule has 0 atom stereocenters. The zero-order chi connectivity index (χ0) is 10.1. The van der Waals surface area contributed by atoms with Crippen molar-refractivity contribution in [2.75, 3.05) is 7.11 Å². The summed E-state index contributed by atoms with van der Waals surface area (Å²) in [6, 6.07) is 0. The summed E-state index contributed by atoms with van der Waals surface area (Å²) in [7, 11) is 1.32. The molecular formula is C9H13NO3. The Hall–Kier alpha value is -1.32. The smallest absolute Gasteiger partial charge is 0.376 e. The minimum atomic E-state index is -0.484. The van der Waals surface area contributed by atoms with Crippen molar-refractivity contribution in [1.29, 1.82) is 0 Å². The molecule has 0 unspecified atom stereocenters. The van der Waals surface area contributed by atoms with Crippen LogP contribution in [0.5, 0.6) is 0 Å². The highest BCUT2D eigenvalue weighted by Gasteiger charge is 2.26. The summed E-state index contributed by atoms with van der Waals surface area (Å²) in [5.41, 5.74) is 0.413. The van der Waals surface area contributed by atoms with E-state index in [-0.39, 0.29) is 11.2 Å². The van der Waals surface area contributed by atoms with E-state index in [1.165, 1.54) is 13.5 Å². The summed E-state index contributed by atoms with van der Waals surface area (Å²) in [5.74, 6) is -0.294. The average Bonchev–Trinajstić information content (AvgIpc) is 2.49. The predicted molar refractivity (Wildman–Crippen MR) is 46.5 cm³/mol. The molecule has 0 aromatic carbocycles. The van der Waals surface area contributed by atoms with Gasteiger partial charge in [-0.1, -0.05) is 20.8 Å². The van der Waals surface area contributed by atoms with Crippen molar-refractivity contribution in [3.63, 3.8) is 0 Å². The van der Waals surface area contributed by atoms with Gasteiger partial charge < -0.3 is 9.15 Å². The first-order chi connectivity index (χ1) is 5.96. The van der Waals surface area contributed by atoms with Crippen LogP contribution in [-0.2, 0) is 10.2 Å². The molecule has 0 amide bonds. The lowest BCUT2D eigenvalue weighted by Gasteiger charge is -2.15. The van der Waals surface area contributed by atoms with Crippen molar-refractivity contribution in [1.82, 2.24) is 4.98 Å². The number of esters is 1. The van der Waals surface area contributed by atoms with Crippen LogP contribution >= 0.6 is 0 Å². The summed E-state index contributed by atoms with van der Waals surface area (Å²) in [4.78, 5) is 15.2. The van der Waals surface area contributed by atoms with Gasteiger partial charge in [0.15, 0.2) is 6.39 Å². The molecule has 4 heteroatoms. The average molecular weight is 183 g/mol. The van der Waals surface area contributed by atoms with Gasteiger partial charge in [-0.15, -0.1) is 0 Å². The summed E-state index contributed by atoms with van der Waals surface area (Å²) in [6.45, 7) is 5.87. The van der Waals surface area contributed by atoms with Gasteiger partial charge in [0.2, 0.25) is 5.76 Å². The molecule has 0 bridgehead atoms. The second kappa shape index (κ2) is 3.20. The Balaban J connectivity index is 3.10. The fourth-order valence-corrected chi connectivity index (χ4v) is 1.02. The van der Waals surface area contributed by atoms with Crippen molar-refractivity contribution in [3.8, 4) is 0 Å². The molecule has 0 aliphatic heterocycles. The Morgan fingerprint density at radius 3 is 2.62 bits per heavy atom. The molecule has 13 heavy (non-hydrogen) atoms. The van der Waals surface area contributed by atoms with Gasteiger partial charge in [0.05, 0.1) is 12.8 Å². The fourth-order valence-electron chi connectivity index (χ4n) is 1.02. The molecule has 1 aromatic rings. The number of hydrogen-bond donors (Lipinski definition) is 0. The number of carbonyl (C=O) groups excluding carboxylic acids is 1. The Labute approximate surface area is 76.9 Å². The lowest BCUT2D eigenvalue weighted by molar-refractivity contribution is 0.0561. The van der Waals surface area contributed by atoms with Crippen LogP contribution in [0.15, 0.2) is 10.8 Å². The normalized spacial score (nSPS) is 11.4. The SMILES string of the molecule is COC(=O)c1ocnc1C(C)(C)C. The first-order valence-electron chi connectivity index (χ1n) is 3.99. The highest BCUT2D eigenvalue weighted by atomic mass is 16.5. The van der Waals surface area contributed by atoms with Gasteiger partial charge in [-0.2, -0.15) is 0 Å². The topological polar surface area (TPSA) is 52.3 Å². The van der Waals surface area contributed by atoms with Crippen LogP contribution in [0, 0.1) is 0 Å². The van der Waals surface area contributed by atoms with Crippen molar-refractivity contribution in [2.45, 2.75) is 26.2 Å². The van der Waals surface area contributed by atoms with Crippen LogP contribution < -0.4 is 0 Å². The van der Waals surface area contributed by atoms with Gasteiger partial charge in [-0.3, -0.25) is 0 Å². The molecule has 0 saturated carbocycles. The van der Waals surface area contributed by atoms with E-state index in [1.54, 1.807) is 0 Å². The highest BCUT2D eigenvalue weighted by Crippen LogP contribution is 2.24. The molecule has 0 fully saturated rings. The van der Waals surface area contributed by atoms with Crippen LogP contribution in [0.1, 0.15) is 37.0 Å². The molecule has 0 radical (unpaired) electrons. The quantitative estimate of drug-likeness (QED) is 0.622. The maximum Gasteiger partial charge on any atom is 0.376 e. The maximum atomic E-state index is 11.2. The maximum absolute atomic E-state index is 11.2. The Bertz CT molecular complexity index is 309. The van der Waals surface area contributed by atoms with Gasteiger partial charge >= 0.3 is 5.97 Å². The molecule has 1 rings (SSSR count). The molecule has 1 aromatic heterocycles. The van der Waals surface area contributed by atoms with E-state index in [9.17, 15) is 4.79 Å². The van der Waals surface area contributed by atoms with Crippen molar-refractivity contribution in [2.24, 2.45) is 0 Å². The number of oxazole rings is 1. The molecule has 72 valence electrons. The Kier molecular flexibility index (Phi) is 2.40. The summed E-state index contributed by atoms with van der Waals surface area (Å²) in [5, 5.41) is 0. The Morgan fingerprint density at radius 1 is 1.54 bits per heavy atom. The third-order valence-electron chi connectivity index (χ3n) is 1.65. The number of carbonyl (C=O) groups is 1. The second-order valence-electron chi connectivity index (χ2n) is 3.77. The molecule has 0 aliphatic rings. The highest BCUT2D eigenvalue weighted by molar-refractivity contribution is 5.87. The van der Waals surface area contributed by atoms with Gasteiger partial charge in [-0.05, 0) is 0 Å². The predicted octanol–water partition coefficient (Wildman–Crippen LogP) is 1.76. The lowest BCUT2D eigenvalue weighted by atomic mass is 9.91. The zero-order valence-electron chi connectivity index (χ0n) is 8.25. The van der Waals surface area contributed by atoms with E-state index in [0.29, 0.717) is 5.69 Å². The van der Waals surface area contributed by atoms with Crippen LogP contribution in [0.25, 0.3) is 0 Å². The van der Waals surface area contributed by atoms with Gasteiger partial charge in [0, 0.05) is 5.41 Å². The number of ether oxygens (including phenoxy) is 1. The third-order valence-corrected chi connectivity index (χ3v) is 1.65. The van der Waals surface area contributed by atoms with Crippen LogP contribution in [0.3, 0.4) is 0 Å². The Morgan fingerprint density at radius 2 is 2.15 bits per heavy atom. The van der Waals surface area contributed by atoms with E-state index in [4.69, 9.17) is 4.42 Å². The van der Waals surface area contributed by atoms with Crippen LogP contribution in [0.2, 0.25) is 0 Å². The summed E-state index contributed by atoms with van der Waals surface area (Å²) >= 11 is 0. The summed E-state index contributed by atoms with van der Waals surface area (Å²) < 4.78 is 9.52. The number of hydrogen-bond acceptors (Lipinski definition) is 4. The standard InChI is InChI=1S/C9H13NO3/c1-9(2,3)7-6(8(11)12-4)13-5-10-7/h5H,1-4H3. The molecule has 0 N–H and O–H groups in total. The van der Waals surface area contributed by atoms with Crippen molar-refractivity contribution in [3.05, 3.63) is 17.8 Å². The molecule has 0 aliphatic carbocycles. The van der Waals surface area contributed by atoms with Gasteiger partial charge in [0.25, 0.3) is 0 Å². The van der Waals surface area contributed by atoms with E-state index >= 15 is 0 Å². The first kappa shape index (κ1) is 9.77. The molecule has 1 heterocycles. The fraction of sp³-hybridized carbons (Fsp3) is 0.556. The van der Waals surface area contributed by atoms with Crippen LogP contribution in [-0.4, -0.2) is 18.1 Å². The number of methoxy groups -OCH3 is 1. The molecule has 0 spiro atoms. The van der Waals surface area contributed by atoms with E-state index < -0.39 is 5.97 Å². The molecule has 0 saturated heterocycles. The zero-order valence-corrected chi connectivity index (χ0v) is 8.25. The van der Waals surface area contributed by atoms with Crippen molar-refractivity contribution < 1.29 is 13.9 Å². The van der Waals surface area contributed by atoms with Gasteiger partial charge in [0.1, 0.15) is 0 Å².